The van der Waals surface area contributed by atoms with E-state index in [0.717, 1.165) is 29.7 Å². The predicted octanol–water partition coefficient (Wildman–Crippen LogP) is 2.81. The van der Waals surface area contributed by atoms with Crippen LogP contribution in [0.4, 0.5) is 0 Å². The molecule has 0 amide bonds. The summed E-state index contributed by atoms with van der Waals surface area (Å²) in [6.07, 6.45) is 1.28. The molecule has 110 valence electrons. The number of hydrogen-bond acceptors (Lipinski definition) is 3. The fourth-order valence-electron chi connectivity index (χ4n) is 2.79. The number of nitrogens with zero attached hydrogens (tertiary/aromatic N) is 1. The van der Waals surface area contributed by atoms with E-state index in [1.165, 1.54) is 25.1 Å². The summed E-state index contributed by atoms with van der Waals surface area (Å²) < 4.78 is 5.39. The zero-order valence-electron chi connectivity index (χ0n) is 12.6. The van der Waals surface area contributed by atoms with Crippen molar-refractivity contribution in [2.75, 3.05) is 20.2 Å². The Morgan fingerprint density at radius 2 is 2.15 bits per heavy atom. The predicted molar refractivity (Wildman–Crippen MR) is 87.1 cm³/mol. The molecule has 2 N–H and O–H groups in total. The average molecular weight is 292 g/mol. The third-order valence-corrected chi connectivity index (χ3v) is 4.58. The van der Waals surface area contributed by atoms with E-state index in [9.17, 15) is 0 Å². The molecule has 1 aromatic rings. The van der Waals surface area contributed by atoms with E-state index in [2.05, 4.69) is 30.9 Å². The van der Waals surface area contributed by atoms with Crippen molar-refractivity contribution in [2.24, 2.45) is 17.6 Å². The number of methoxy groups -OCH3 is 1. The second-order valence-electron chi connectivity index (χ2n) is 5.88. The van der Waals surface area contributed by atoms with Gasteiger partial charge in [-0.25, -0.2) is 0 Å². The van der Waals surface area contributed by atoms with Crippen molar-refractivity contribution in [3.63, 3.8) is 0 Å². The number of likely N-dealkylation sites (tertiary alicyclic amines) is 1. The molecule has 1 aliphatic heterocycles. The maximum Gasteiger partial charge on any atom is 0.129 e. The van der Waals surface area contributed by atoms with Gasteiger partial charge < -0.3 is 10.5 Å². The lowest BCUT2D eigenvalue weighted by Crippen LogP contribution is -2.37. The first kappa shape index (κ1) is 15.3. The summed E-state index contributed by atoms with van der Waals surface area (Å²) in [6, 6.07) is 6.11. The highest BCUT2D eigenvalue weighted by Crippen LogP contribution is 2.25. The monoisotopic (exact) mass is 292 g/mol. The molecule has 0 aromatic heterocycles. The lowest BCUT2D eigenvalue weighted by Gasteiger charge is -2.35. The summed E-state index contributed by atoms with van der Waals surface area (Å²) >= 11 is 5.04. The van der Waals surface area contributed by atoms with Crippen molar-refractivity contribution in [1.82, 2.24) is 4.90 Å². The van der Waals surface area contributed by atoms with Gasteiger partial charge in [-0.05, 0) is 42.5 Å². The third kappa shape index (κ3) is 3.49. The van der Waals surface area contributed by atoms with E-state index >= 15 is 0 Å². The molecule has 1 heterocycles. The minimum Gasteiger partial charge on any atom is -0.496 e. The summed E-state index contributed by atoms with van der Waals surface area (Å²) in [7, 11) is 1.66. The van der Waals surface area contributed by atoms with Gasteiger partial charge in [0.15, 0.2) is 0 Å². The molecule has 4 heteroatoms. The van der Waals surface area contributed by atoms with Gasteiger partial charge >= 0.3 is 0 Å². The highest BCUT2D eigenvalue weighted by Gasteiger charge is 2.22. The van der Waals surface area contributed by atoms with Crippen molar-refractivity contribution in [2.45, 2.75) is 26.8 Å². The molecule has 0 aliphatic carbocycles. The lowest BCUT2D eigenvalue weighted by molar-refractivity contribution is 0.132. The number of hydrogen-bond donors (Lipinski definition) is 1. The Kier molecular flexibility index (Phi) is 5.00. The summed E-state index contributed by atoms with van der Waals surface area (Å²) in [5.41, 5.74) is 7.76. The Morgan fingerprint density at radius 1 is 1.40 bits per heavy atom. The second-order valence-corrected chi connectivity index (χ2v) is 6.32. The molecule has 2 unspecified atom stereocenters. The molecular formula is C16H24N2OS. The smallest absolute Gasteiger partial charge is 0.129 e. The first-order valence-corrected chi connectivity index (χ1v) is 7.61. The first-order chi connectivity index (χ1) is 9.51. The maximum absolute atomic E-state index is 5.70. The quantitative estimate of drug-likeness (QED) is 0.866. The molecule has 1 aliphatic rings. The standard InChI is InChI=1S/C16H24N2OS/c1-11-6-7-18(9-12(11)2)10-13-4-5-14(16(17)20)15(8-13)19-3/h4-5,8,11-12H,6-7,9-10H2,1-3H3,(H2,17,20). The highest BCUT2D eigenvalue weighted by molar-refractivity contribution is 7.80. The van der Waals surface area contributed by atoms with Crippen LogP contribution in [0.1, 0.15) is 31.4 Å². The van der Waals surface area contributed by atoms with Gasteiger partial charge in [-0.2, -0.15) is 0 Å². The normalized spacial score (nSPS) is 23.6. The number of nitrogens with two attached hydrogens (primary N) is 1. The topological polar surface area (TPSA) is 38.5 Å². The molecule has 0 radical (unpaired) electrons. The van der Waals surface area contributed by atoms with E-state index in [4.69, 9.17) is 22.7 Å². The number of benzene rings is 1. The Balaban J connectivity index is 2.08. The van der Waals surface area contributed by atoms with Gasteiger partial charge in [0.25, 0.3) is 0 Å². The minimum atomic E-state index is 0.383. The fraction of sp³-hybridized carbons (Fsp3) is 0.562. The molecule has 2 rings (SSSR count). The highest BCUT2D eigenvalue weighted by atomic mass is 32.1. The van der Waals surface area contributed by atoms with Crippen LogP contribution in [0.5, 0.6) is 5.75 Å². The van der Waals surface area contributed by atoms with Crippen LogP contribution in [0.2, 0.25) is 0 Å². The number of piperidine rings is 1. The molecule has 0 spiro atoms. The van der Waals surface area contributed by atoms with E-state index in [-0.39, 0.29) is 0 Å². The third-order valence-electron chi connectivity index (χ3n) is 4.36. The van der Waals surface area contributed by atoms with Crippen LogP contribution >= 0.6 is 12.2 Å². The largest absolute Gasteiger partial charge is 0.496 e. The van der Waals surface area contributed by atoms with Gasteiger partial charge in [-0.1, -0.05) is 32.1 Å². The van der Waals surface area contributed by atoms with Crippen molar-refractivity contribution < 1.29 is 4.74 Å². The van der Waals surface area contributed by atoms with Crippen molar-refractivity contribution >= 4 is 17.2 Å². The maximum atomic E-state index is 5.70. The van der Waals surface area contributed by atoms with Crippen molar-refractivity contribution in [3.8, 4) is 5.75 Å². The van der Waals surface area contributed by atoms with Crippen LogP contribution in [-0.2, 0) is 6.54 Å². The molecular weight excluding hydrogens is 268 g/mol. The average Bonchev–Trinajstić information content (AvgIpc) is 2.42. The zero-order valence-corrected chi connectivity index (χ0v) is 13.4. The summed E-state index contributed by atoms with van der Waals surface area (Å²) in [6.45, 7) is 7.99. The van der Waals surface area contributed by atoms with Crippen LogP contribution in [0.3, 0.4) is 0 Å². The fourth-order valence-corrected chi connectivity index (χ4v) is 2.96. The molecule has 1 saturated heterocycles. The van der Waals surface area contributed by atoms with Crippen LogP contribution < -0.4 is 10.5 Å². The van der Waals surface area contributed by atoms with Crippen LogP contribution in [0.15, 0.2) is 18.2 Å². The van der Waals surface area contributed by atoms with E-state index in [1.807, 2.05) is 6.07 Å². The molecule has 1 aromatic carbocycles. The minimum absolute atomic E-state index is 0.383. The number of ether oxygens (including phenoxy) is 1. The van der Waals surface area contributed by atoms with Crippen LogP contribution in [0, 0.1) is 11.8 Å². The van der Waals surface area contributed by atoms with Gasteiger partial charge in [-0.15, -0.1) is 0 Å². The van der Waals surface area contributed by atoms with E-state index in [1.54, 1.807) is 7.11 Å². The summed E-state index contributed by atoms with van der Waals surface area (Å²) in [5.74, 6) is 2.37. The van der Waals surface area contributed by atoms with Gasteiger partial charge in [0.05, 0.1) is 12.7 Å². The van der Waals surface area contributed by atoms with E-state index in [0.29, 0.717) is 4.99 Å². The lowest BCUT2D eigenvalue weighted by atomic mass is 9.88. The zero-order chi connectivity index (χ0) is 14.7. The molecule has 1 fully saturated rings. The van der Waals surface area contributed by atoms with Crippen LogP contribution in [-0.4, -0.2) is 30.1 Å². The van der Waals surface area contributed by atoms with Crippen molar-refractivity contribution in [3.05, 3.63) is 29.3 Å². The molecule has 20 heavy (non-hydrogen) atoms. The molecule has 3 nitrogen and oxygen atoms in total. The van der Waals surface area contributed by atoms with Gasteiger partial charge in [0.2, 0.25) is 0 Å². The van der Waals surface area contributed by atoms with Gasteiger partial charge in [-0.3, -0.25) is 4.90 Å². The number of rotatable bonds is 4. The Hall–Kier alpha value is -1.13. The first-order valence-electron chi connectivity index (χ1n) is 7.20. The summed E-state index contributed by atoms with van der Waals surface area (Å²) in [5, 5.41) is 0. The second kappa shape index (κ2) is 6.55. The van der Waals surface area contributed by atoms with Gasteiger partial charge in [0, 0.05) is 13.1 Å². The van der Waals surface area contributed by atoms with E-state index < -0.39 is 0 Å². The Bertz CT molecular complexity index is 489. The molecule has 0 saturated carbocycles. The molecule has 2 atom stereocenters. The van der Waals surface area contributed by atoms with Gasteiger partial charge in [0.1, 0.15) is 10.7 Å². The summed E-state index contributed by atoms with van der Waals surface area (Å²) in [4.78, 5) is 2.90. The Morgan fingerprint density at radius 3 is 2.75 bits per heavy atom. The van der Waals surface area contributed by atoms with Crippen LogP contribution in [0.25, 0.3) is 0 Å². The Labute approximate surface area is 127 Å². The number of thiocarbonyl (C=S) groups is 1. The SMILES string of the molecule is COc1cc(CN2CCC(C)C(C)C2)ccc1C(N)=S. The molecule has 0 bridgehead atoms. The van der Waals surface area contributed by atoms with Crippen molar-refractivity contribution in [1.29, 1.82) is 0 Å².